The smallest absolute Gasteiger partial charge is 0.134 e. The lowest BCUT2D eigenvalue weighted by Gasteiger charge is -2.04. The summed E-state index contributed by atoms with van der Waals surface area (Å²) in [4.78, 5) is 11.4. The Hall–Kier alpha value is -0.810. The van der Waals surface area contributed by atoms with E-state index in [9.17, 15) is 4.79 Å². The van der Waals surface area contributed by atoms with Gasteiger partial charge in [0.2, 0.25) is 0 Å². The van der Waals surface area contributed by atoms with Gasteiger partial charge in [0.05, 0.1) is 0 Å². The molecule has 0 bridgehead atoms. The van der Waals surface area contributed by atoms with Crippen LogP contribution >= 0.6 is 0 Å². The molecular weight excluding hydrogens is 164 g/mol. The number of rotatable bonds is 4. The number of ketones is 1. The molecular formula is C11H16O2. The SMILES string of the molecule is CC#CCCC(=O)CC1CCOC1. The summed E-state index contributed by atoms with van der Waals surface area (Å²) >= 11 is 0. The molecule has 0 radical (unpaired) electrons. The minimum Gasteiger partial charge on any atom is -0.381 e. The molecule has 72 valence electrons. The van der Waals surface area contributed by atoms with E-state index >= 15 is 0 Å². The first kappa shape index (κ1) is 10.3. The fraction of sp³-hybridized carbons (Fsp3) is 0.727. The number of hydrogen-bond acceptors (Lipinski definition) is 2. The second-order valence-electron chi connectivity index (χ2n) is 3.40. The molecule has 0 aromatic rings. The van der Waals surface area contributed by atoms with E-state index in [0.717, 1.165) is 19.6 Å². The van der Waals surface area contributed by atoms with Crippen LogP contribution in [0.5, 0.6) is 0 Å². The Morgan fingerprint density at radius 2 is 2.46 bits per heavy atom. The third kappa shape index (κ3) is 4.10. The maximum atomic E-state index is 11.4. The van der Waals surface area contributed by atoms with Crippen LogP contribution in [-0.2, 0) is 9.53 Å². The zero-order valence-corrected chi connectivity index (χ0v) is 8.14. The summed E-state index contributed by atoms with van der Waals surface area (Å²) in [5.74, 6) is 6.50. The van der Waals surface area contributed by atoms with Crippen molar-refractivity contribution in [3.05, 3.63) is 0 Å². The molecule has 2 nitrogen and oxygen atoms in total. The summed E-state index contributed by atoms with van der Waals surface area (Å²) in [6.45, 7) is 3.40. The van der Waals surface area contributed by atoms with Gasteiger partial charge in [-0.05, 0) is 19.3 Å². The Balaban J connectivity index is 2.11. The number of hydrogen-bond donors (Lipinski definition) is 0. The van der Waals surface area contributed by atoms with E-state index in [1.54, 1.807) is 6.92 Å². The van der Waals surface area contributed by atoms with Crippen molar-refractivity contribution in [2.75, 3.05) is 13.2 Å². The largest absolute Gasteiger partial charge is 0.381 e. The van der Waals surface area contributed by atoms with Crippen LogP contribution in [0, 0.1) is 17.8 Å². The van der Waals surface area contributed by atoms with Gasteiger partial charge >= 0.3 is 0 Å². The molecule has 0 aliphatic carbocycles. The Morgan fingerprint density at radius 3 is 3.08 bits per heavy atom. The Morgan fingerprint density at radius 1 is 1.62 bits per heavy atom. The van der Waals surface area contributed by atoms with E-state index in [-0.39, 0.29) is 0 Å². The van der Waals surface area contributed by atoms with Gasteiger partial charge in [0.15, 0.2) is 0 Å². The number of carbonyl (C=O) groups is 1. The van der Waals surface area contributed by atoms with Crippen LogP contribution in [0.3, 0.4) is 0 Å². The van der Waals surface area contributed by atoms with Crippen molar-refractivity contribution < 1.29 is 9.53 Å². The number of ether oxygens (including phenoxy) is 1. The van der Waals surface area contributed by atoms with Gasteiger partial charge in [-0.15, -0.1) is 11.8 Å². The fourth-order valence-corrected chi connectivity index (χ4v) is 1.50. The first-order valence-electron chi connectivity index (χ1n) is 4.82. The standard InChI is InChI=1S/C11H16O2/c1-2-3-4-5-11(12)8-10-6-7-13-9-10/h10H,4-9H2,1H3. The predicted molar refractivity (Wildman–Crippen MR) is 51.2 cm³/mol. The van der Waals surface area contributed by atoms with Crippen LogP contribution in [0.25, 0.3) is 0 Å². The van der Waals surface area contributed by atoms with Crippen LogP contribution < -0.4 is 0 Å². The van der Waals surface area contributed by atoms with Crippen LogP contribution in [0.15, 0.2) is 0 Å². The molecule has 1 unspecified atom stereocenters. The van der Waals surface area contributed by atoms with E-state index in [1.807, 2.05) is 0 Å². The predicted octanol–water partition coefficient (Wildman–Crippen LogP) is 1.79. The molecule has 13 heavy (non-hydrogen) atoms. The molecule has 0 aromatic carbocycles. The van der Waals surface area contributed by atoms with Gasteiger partial charge < -0.3 is 4.74 Å². The number of Topliss-reactive ketones (excluding diaryl/α,β-unsaturated/α-hetero) is 1. The van der Waals surface area contributed by atoms with Gasteiger partial charge in [-0.2, -0.15) is 0 Å². The van der Waals surface area contributed by atoms with E-state index in [0.29, 0.717) is 31.0 Å². The van der Waals surface area contributed by atoms with Gasteiger partial charge in [0, 0.05) is 32.5 Å². The highest BCUT2D eigenvalue weighted by molar-refractivity contribution is 5.78. The average molecular weight is 180 g/mol. The summed E-state index contributed by atoms with van der Waals surface area (Å²) < 4.78 is 5.20. The molecule has 2 heteroatoms. The van der Waals surface area contributed by atoms with Crippen molar-refractivity contribution in [3.8, 4) is 11.8 Å². The Labute approximate surface area is 79.7 Å². The molecule has 1 heterocycles. The van der Waals surface area contributed by atoms with Gasteiger partial charge in [-0.3, -0.25) is 4.79 Å². The zero-order chi connectivity index (χ0) is 9.52. The van der Waals surface area contributed by atoms with Crippen LogP contribution in [-0.4, -0.2) is 19.0 Å². The second-order valence-corrected chi connectivity index (χ2v) is 3.40. The fourth-order valence-electron chi connectivity index (χ4n) is 1.50. The first-order chi connectivity index (χ1) is 6.33. The molecule has 0 N–H and O–H groups in total. The highest BCUT2D eigenvalue weighted by Crippen LogP contribution is 2.17. The Bertz CT molecular complexity index is 216. The van der Waals surface area contributed by atoms with E-state index in [4.69, 9.17) is 4.74 Å². The maximum Gasteiger partial charge on any atom is 0.134 e. The molecule has 1 saturated heterocycles. The molecule has 1 rings (SSSR count). The molecule has 0 saturated carbocycles. The Kier molecular flexibility index (Phi) is 4.56. The third-order valence-electron chi connectivity index (χ3n) is 2.25. The highest BCUT2D eigenvalue weighted by Gasteiger charge is 2.18. The van der Waals surface area contributed by atoms with Gasteiger partial charge in [-0.25, -0.2) is 0 Å². The van der Waals surface area contributed by atoms with Crippen LogP contribution in [0.1, 0.15) is 32.6 Å². The minimum atomic E-state index is 0.332. The van der Waals surface area contributed by atoms with E-state index in [2.05, 4.69) is 11.8 Å². The number of carbonyl (C=O) groups excluding carboxylic acids is 1. The molecule has 0 amide bonds. The normalized spacial score (nSPS) is 20.8. The van der Waals surface area contributed by atoms with E-state index in [1.165, 1.54) is 0 Å². The zero-order valence-electron chi connectivity index (χ0n) is 8.14. The molecule has 1 fully saturated rings. The second kappa shape index (κ2) is 5.77. The first-order valence-corrected chi connectivity index (χ1v) is 4.82. The minimum absolute atomic E-state index is 0.332. The summed E-state index contributed by atoms with van der Waals surface area (Å²) in [5, 5.41) is 0. The van der Waals surface area contributed by atoms with Crippen molar-refractivity contribution in [2.24, 2.45) is 5.92 Å². The lowest BCUT2D eigenvalue weighted by molar-refractivity contribution is -0.119. The lowest BCUT2D eigenvalue weighted by Crippen LogP contribution is -2.07. The van der Waals surface area contributed by atoms with Crippen molar-refractivity contribution >= 4 is 5.78 Å². The summed E-state index contributed by atoms with van der Waals surface area (Å²) in [5.41, 5.74) is 0. The summed E-state index contributed by atoms with van der Waals surface area (Å²) in [6, 6.07) is 0. The highest BCUT2D eigenvalue weighted by atomic mass is 16.5. The molecule has 1 atom stereocenters. The van der Waals surface area contributed by atoms with Gasteiger partial charge in [-0.1, -0.05) is 0 Å². The maximum absolute atomic E-state index is 11.4. The van der Waals surface area contributed by atoms with Gasteiger partial charge in [0.25, 0.3) is 0 Å². The quantitative estimate of drug-likeness (QED) is 0.616. The van der Waals surface area contributed by atoms with Crippen molar-refractivity contribution in [1.82, 2.24) is 0 Å². The summed E-state index contributed by atoms with van der Waals surface area (Å²) in [7, 11) is 0. The topological polar surface area (TPSA) is 26.3 Å². The van der Waals surface area contributed by atoms with Crippen molar-refractivity contribution in [1.29, 1.82) is 0 Å². The van der Waals surface area contributed by atoms with Gasteiger partial charge in [0.1, 0.15) is 5.78 Å². The monoisotopic (exact) mass is 180 g/mol. The third-order valence-corrected chi connectivity index (χ3v) is 2.25. The van der Waals surface area contributed by atoms with E-state index < -0.39 is 0 Å². The average Bonchev–Trinajstić information content (AvgIpc) is 2.57. The van der Waals surface area contributed by atoms with Crippen molar-refractivity contribution in [2.45, 2.75) is 32.6 Å². The molecule has 0 spiro atoms. The van der Waals surface area contributed by atoms with Crippen LogP contribution in [0.4, 0.5) is 0 Å². The van der Waals surface area contributed by atoms with Crippen molar-refractivity contribution in [3.63, 3.8) is 0 Å². The molecule has 0 aromatic heterocycles. The summed E-state index contributed by atoms with van der Waals surface area (Å²) in [6.07, 6.45) is 3.05. The molecule has 1 aliphatic heterocycles. The van der Waals surface area contributed by atoms with Crippen LogP contribution in [0.2, 0.25) is 0 Å². The lowest BCUT2D eigenvalue weighted by atomic mass is 10.00. The molecule has 1 aliphatic rings.